The van der Waals surface area contributed by atoms with Gasteiger partial charge in [-0.05, 0) is 57.1 Å². The average Bonchev–Trinajstić information content (AvgIpc) is 3.22. The zero-order chi connectivity index (χ0) is 16.6. The molecule has 0 aromatic heterocycles. The van der Waals surface area contributed by atoms with Gasteiger partial charge in [0.15, 0.2) is 0 Å². The maximum atomic E-state index is 11.6. The van der Waals surface area contributed by atoms with Crippen molar-refractivity contribution in [3.05, 3.63) is 35.9 Å². The van der Waals surface area contributed by atoms with Gasteiger partial charge in [0.2, 0.25) is 0 Å². The van der Waals surface area contributed by atoms with Gasteiger partial charge in [-0.1, -0.05) is 43.2 Å². The Balaban J connectivity index is 1.50. The molecule has 1 unspecified atom stereocenters. The summed E-state index contributed by atoms with van der Waals surface area (Å²) in [5.74, 6) is 0.331. The second-order valence-electron chi connectivity index (χ2n) is 8.16. The monoisotopic (exact) mass is 329 g/mol. The molecule has 0 radical (unpaired) electrons. The first-order chi connectivity index (χ1) is 11.7. The highest BCUT2D eigenvalue weighted by Crippen LogP contribution is 2.42. The van der Waals surface area contributed by atoms with Gasteiger partial charge < -0.3 is 9.84 Å². The Morgan fingerprint density at radius 2 is 1.75 bits per heavy atom. The highest BCUT2D eigenvalue weighted by Gasteiger charge is 2.44. The number of fused-ring (bicyclic) bond motifs is 2. The van der Waals surface area contributed by atoms with Crippen LogP contribution in [0.4, 0.5) is 0 Å². The molecule has 2 saturated heterocycles. The van der Waals surface area contributed by atoms with Gasteiger partial charge in [0.1, 0.15) is 5.60 Å². The lowest BCUT2D eigenvalue weighted by Crippen LogP contribution is -2.48. The van der Waals surface area contributed by atoms with Crippen LogP contribution in [-0.4, -0.2) is 41.8 Å². The lowest BCUT2D eigenvalue weighted by Gasteiger charge is -2.40. The zero-order valence-corrected chi connectivity index (χ0v) is 14.9. The maximum Gasteiger partial charge on any atom is 0.116 e. The Bertz CT molecular complexity index is 542. The first kappa shape index (κ1) is 16.6. The van der Waals surface area contributed by atoms with E-state index in [9.17, 15) is 5.11 Å². The van der Waals surface area contributed by atoms with Gasteiger partial charge in [-0.25, -0.2) is 0 Å². The quantitative estimate of drug-likeness (QED) is 0.894. The molecule has 3 aliphatic rings. The van der Waals surface area contributed by atoms with Crippen molar-refractivity contribution in [3.8, 4) is 0 Å². The third-order valence-electron chi connectivity index (χ3n) is 6.93. The van der Waals surface area contributed by atoms with Crippen LogP contribution in [0.3, 0.4) is 0 Å². The molecular formula is C21H31NO2. The van der Waals surface area contributed by atoms with Gasteiger partial charge in [0.25, 0.3) is 0 Å². The lowest BCUT2D eigenvalue weighted by atomic mass is 9.80. The van der Waals surface area contributed by atoms with Crippen LogP contribution in [0.5, 0.6) is 0 Å². The van der Waals surface area contributed by atoms with E-state index < -0.39 is 5.60 Å². The summed E-state index contributed by atoms with van der Waals surface area (Å²) in [5, 5.41) is 11.6. The van der Waals surface area contributed by atoms with Gasteiger partial charge in [-0.3, -0.25) is 4.90 Å². The van der Waals surface area contributed by atoms with Gasteiger partial charge in [0.05, 0.1) is 12.7 Å². The van der Waals surface area contributed by atoms with Crippen molar-refractivity contribution in [1.29, 1.82) is 0 Å². The fraction of sp³-hybridized carbons (Fsp3) is 0.714. The highest BCUT2D eigenvalue weighted by molar-refractivity contribution is 5.24. The summed E-state index contributed by atoms with van der Waals surface area (Å²) >= 11 is 0. The number of ether oxygens (including phenoxy) is 1. The topological polar surface area (TPSA) is 32.7 Å². The molecule has 1 aliphatic carbocycles. The van der Waals surface area contributed by atoms with Crippen LogP contribution in [0, 0.1) is 5.92 Å². The van der Waals surface area contributed by atoms with Crippen LogP contribution in [0.25, 0.3) is 0 Å². The molecule has 3 heteroatoms. The van der Waals surface area contributed by atoms with Crippen molar-refractivity contribution in [2.45, 2.75) is 75.2 Å². The minimum atomic E-state index is -0.828. The second-order valence-corrected chi connectivity index (χ2v) is 8.16. The lowest BCUT2D eigenvalue weighted by molar-refractivity contribution is -0.129. The summed E-state index contributed by atoms with van der Waals surface area (Å²) in [5.41, 5.74) is 0.205. The van der Waals surface area contributed by atoms with E-state index in [1.54, 1.807) is 0 Å². The first-order valence-electron chi connectivity index (χ1n) is 9.80. The van der Waals surface area contributed by atoms with E-state index in [1.165, 1.54) is 32.1 Å². The predicted molar refractivity (Wildman–Crippen MR) is 95.8 cm³/mol. The summed E-state index contributed by atoms with van der Waals surface area (Å²) < 4.78 is 6.42. The number of rotatable bonds is 5. The van der Waals surface area contributed by atoms with E-state index >= 15 is 0 Å². The van der Waals surface area contributed by atoms with E-state index in [1.807, 2.05) is 18.2 Å². The van der Waals surface area contributed by atoms with Crippen molar-refractivity contribution in [2.75, 3.05) is 13.7 Å². The molecule has 132 valence electrons. The largest absolute Gasteiger partial charge is 0.382 e. The second kappa shape index (κ2) is 6.78. The SMILES string of the molecule is CN1C2CC[C@@H](OC[C@](O)(c3ccccc3)C3CCCC3)[C@@H]1CC2. The van der Waals surface area contributed by atoms with E-state index in [4.69, 9.17) is 4.74 Å². The van der Waals surface area contributed by atoms with Crippen LogP contribution in [-0.2, 0) is 10.3 Å². The minimum Gasteiger partial charge on any atom is -0.382 e. The van der Waals surface area contributed by atoms with E-state index in [0.717, 1.165) is 30.9 Å². The van der Waals surface area contributed by atoms with Crippen molar-refractivity contribution < 1.29 is 9.84 Å². The van der Waals surface area contributed by atoms with E-state index in [-0.39, 0.29) is 6.10 Å². The number of hydrogen-bond donors (Lipinski definition) is 1. The highest BCUT2D eigenvalue weighted by atomic mass is 16.5. The first-order valence-corrected chi connectivity index (χ1v) is 9.80. The third kappa shape index (κ3) is 2.91. The summed E-state index contributed by atoms with van der Waals surface area (Å²) in [6.45, 7) is 0.446. The number of likely N-dealkylation sites (N-methyl/N-ethyl adjacent to an activating group) is 1. The Kier molecular flexibility index (Phi) is 4.68. The minimum absolute atomic E-state index is 0.283. The molecule has 1 N–H and O–H groups in total. The molecule has 1 saturated carbocycles. The van der Waals surface area contributed by atoms with Crippen LogP contribution in [0.1, 0.15) is 56.9 Å². The molecule has 0 spiro atoms. The van der Waals surface area contributed by atoms with E-state index in [2.05, 4.69) is 24.1 Å². The predicted octanol–water partition coefficient (Wildman–Crippen LogP) is 3.71. The molecular weight excluding hydrogens is 298 g/mol. The maximum absolute atomic E-state index is 11.6. The summed E-state index contributed by atoms with van der Waals surface area (Å²) in [7, 11) is 2.25. The number of nitrogens with zero attached hydrogens (tertiary/aromatic N) is 1. The Hall–Kier alpha value is -0.900. The van der Waals surface area contributed by atoms with Crippen LogP contribution in [0.2, 0.25) is 0 Å². The molecule has 3 nitrogen and oxygen atoms in total. The molecule has 3 fully saturated rings. The van der Waals surface area contributed by atoms with Crippen molar-refractivity contribution in [1.82, 2.24) is 4.90 Å². The summed E-state index contributed by atoms with van der Waals surface area (Å²) in [6.07, 6.45) is 9.93. The average molecular weight is 329 g/mol. The van der Waals surface area contributed by atoms with Crippen molar-refractivity contribution >= 4 is 0 Å². The zero-order valence-electron chi connectivity index (χ0n) is 14.9. The molecule has 2 aliphatic heterocycles. The van der Waals surface area contributed by atoms with Gasteiger partial charge >= 0.3 is 0 Å². The fourth-order valence-electron chi connectivity index (χ4n) is 5.38. The van der Waals surface area contributed by atoms with E-state index in [0.29, 0.717) is 18.6 Å². The molecule has 24 heavy (non-hydrogen) atoms. The summed E-state index contributed by atoms with van der Waals surface area (Å²) in [4.78, 5) is 2.52. The molecule has 1 aromatic carbocycles. The molecule has 4 rings (SSSR count). The van der Waals surface area contributed by atoms with Gasteiger partial charge in [-0.15, -0.1) is 0 Å². The van der Waals surface area contributed by atoms with Crippen LogP contribution in [0.15, 0.2) is 30.3 Å². The number of aliphatic hydroxyl groups is 1. The molecule has 4 atom stereocenters. The standard InChI is InChI=1S/C21H31NO2/c1-22-18-11-13-19(22)20(14-12-18)24-15-21(23,17-9-5-6-10-17)16-7-3-2-4-8-16/h2-4,7-8,17-20,23H,5-6,9-15H2,1H3/t18?,19-,20+,21-/m0/s1. The fourth-order valence-corrected chi connectivity index (χ4v) is 5.38. The van der Waals surface area contributed by atoms with Gasteiger partial charge in [-0.2, -0.15) is 0 Å². The van der Waals surface area contributed by atoms with Crippen molar-refractivity contribution in [2.24, 2.45) is 5.92 Å². The normalized spacial score (nSPS) is 33.7. The van der Waals surface area contributed by atoms with Crippen LogP contribution >= 0.6 is 0 Å². The van der Waals surface area contributed by atoms with Crippen LogP contribution < -0.4 is 0 Å². The Morgan fingerprint density at radius 1 is 1.04 bits per heavy atom. The molecule has 2 bridgehead atoms. The molecule has 0 amide bonds. The Morgan fingerprint density at radius 3 is 2.50 bits per heavy atom. The third-order valence-corrected chi connectivity index (χ3v) is 6.93. The smallest absolute Gasteiger partial charge is 0.116 e. The van der Waals surface area contributed by atoms with Crippen molar-refractivity contribution in [3.63, 3.8) is 0 Å². The number of benzene rings is 1. The molecule has 1 aromatic rings. The van der Waals surface area contributed by atoms with Gasteiger partial charge in [0, 0.05) is 12.1 Å². The number of piperidine rings is 1. The Labute approximate surface area is 146 Å². The number of hydrogen-bond acceptors (Lipinski definition) is 3. The molecule has 2 heterocycles. The summed E-state index contributed by atoms with van der Waals surface area (Å²) in [6, 6.07) is 11.5.